The number of benzene rings is 2. The van der Waals surface area contributed by atoms with Crippen LogP contribution in [0.5, 0.6) is 0 Å². The molecule has 0 bridgehead atoms. The lowest BCUT2D eigenvalue weighted by Crippen LogP contribution is -2.29. The minimum absolute atomic E-state index is 0.300. The molecule has 0 fully saturated rings. The third-order valence-electron chi connectivity index (χ3n) is 2.83. The maximum Gasteiger partial charge on any atom is 0.265 e. The minimum Gasteiger partial charge on any atom is -0.372 e. The van der Waals surface area contributed by atoms with Crippen LogP contribution in [-0.2, 0) is 18.0 Å². The number of carbonyl (C=O) groups is 1. The Morgan fingerprint density at radius 1 is 1.10 bits per heavy atom. The number of halogens is 1. The lowest BCUT2D eigenvalue weighted by molar-refractivity contribution is 0.0953. The van der Waals surface area contributed by atoms with E-state index in [-0.39, 0.29) is 5.91 Å². The second-order valence-electron chi connectivity index (χ2n) is 4.25. The number of nitrogen functional groups attached to an aromatic ring is 1. The van der Waals surface area contributed by atoms with Gasteiger partial charge in [-0.15, -0.1) is 0 Å². The van der Waals surface area contributed by atoms with Crippen molar-refractivity contribution in [3.05, 3.63) is 69.7 Å². The van der Waals surface area contributed by atoms with Crippen molar-refractivity contribution < 1.29 is 9.53 Å². The monoisotopic (exact) mass is 334 g/mol. The number of nitrogens with one attached hydrogen (secondary N) is 1. The zero-order valence-electron chi connectivity index (χ0n) is 10.8. The van der Waals surface area contributed by atoms with Gasteiger partial charge >= 0.3 is 0 Å². The Balaban J connectivity index is 1.88. The number of ether oxygens (including phenoxy) is 1. The van der Waals surface area contributed by atoms with Gasteiger partial charge in [0.1, 0.15) is 0 Å². The van der Waals surface area contributed by atoms with Gasteiger partial charge in [-0.1, -0.05) is 46.3 Å². The molecule has 2 aromatic carbocycles. The Labute approximate surface area is 126 Å². The number of nitrogens with two attached hydrogens (primary N) is 1. The summed E-state index contributed by atoms with van der Waals surface area (Å²) in [6.07, 6.45) is 0. The molecule has 5 heteroatoms. The minimum atomic E-state index is -0.300. The second kappa shape index (κ2) is 7.19. The quantitative estimate of drug-likeness (QED) is 0.502. The van der Waals surface area contributed by atoms with Crippen molar-refractivity contribution in [2.45, 2.75) is 13.2 Å². The number of rotatable bonds is 5. The van der Waals surface area contributed by atoms with Crippen LogP contribution < -0.4 is 11.3 Å². The lowest BCUT2D eigenvalue weighted by atomic mass is 10.1. The molecule has 0 atom stereocenters. The summed E-state index contributed by atoms with van der Waals surface area (Å²) in [5, 5.41) is 0. The van der Waals surface area contributed by atoms with Gasteiger partial charge in [0.25, 0.3) is 5.91 Å². The van der Waals surface area contributed by atoms with Crippen molar-refractivity contribution in [3.8, 4) is 0 Å². The maximum atomic E-state index is 11.3. The fraction of sp³-hybridized carbons (Fsp3) is 0.133. The van der Waals surface area contributed by atoms with E-state index in [4.69, 9.17) is 10.6 Å². The summed E-state index contributed by atoms with van der Waals surface area (Å²) in [6, 6.07) is 15.1. The van der Waals surface area contributed by atoms with E-state index in [1.807, 2.05) is 36.4 Å². The molecule has 4 nitrogen and oxygen atoms in total. The molecule has 0 heterocycles. The van der Waals surface area contributed by atoms with Crippen LogP contribution in [0, 0.1) is 0 Å². The first-order valence-corrected chi connectivity index (χ1v) is 6.91. The smallest absolute Gasteiger partial charge is 0.265 e. The van der Waals surface area contributed by atoms with Gasteiger partial charge in [-0.05, 0) is 29.3 Å². The molecule has 0 unspecified atom stereocenters. The summed E-state index contributed by atoms with van der Waals surface area (Å²) in [5.74, 6) is 4.77. The number of hydrogen-bond acceptors (Lipinski definition) is 3. The molecular weight excluding hydrogens is 320 g/mol. The first-order chi connectivity index (χ1) is 9.70. The molecule has 0 saturated heterocycles. The van der Waals surface area contributed by atoms with Crippen LogP contribution in [0.3, 0.4) is 0 Å². The van der Waals surface area contributed by atoms with Crippen molar-refractivity contribution in [1.29, 1.82) is 0 Å². The largest absolute Gasteiger partial charge is 0.372 e. The molecule has 0 aromatic heterocycles. The zero-order valence-corrected chi connectivity index (χ0v) is 12.4. The number of amides is 1. The number of hydrazine groups is 1. The molecule has 104 valence electrons. The normalized spacial score (nSPS) is 10.3. The molecule has 0 spiro atoms. The summed E-state index contributed by atoms with van der Waals surface area (Å²) in [4.78, 5) is 11.3. The molecule has 1 amide bonds. The summed E-state index contributed by atoms with van der Waals surface area (Å²) in [7, 11) is 0. The average Bonchev–Trinajstić information content (AvgIpc) is 2.49. The van der Waals surface area contributed by atoms with Crippen LogP contribution in [0.15, 0.2) is 53.0 Å². The van der Waals surface area contributed by atoms with Crippen LogP contribution in [-0.4, -0.2) is 5.91 Å². The molecule has 0 radical (unpaired) electrons. The third kappa shape index (κ3) is 3.90. The lowest BCUT2D eigenvalue weighted by Gasteiger charge is -2.07. The number of hydrogen-bond donors (Lipinski definition) is 2. The van der Waals surface area contributed by atoms with Crippen molar-refractivity contribution in [2.75, 3.05) is 0 Å². The summed E-state index contributed by atoms with van der Waals surface area (Å²) in [5.41, 5.74) is 4.73. The Kier molecular flexibility index (Phi) is 5.29. The predicted octanol–water partition coefficient (Wildman–Crippen LogP) is 2.77. The van der Waals surface area contributed by atoms with Gasteiger partial charge in [-0.2, -0.15) is 0 Å². The summed E-state index contributed by atoms with van der Waals surface area (Å²) >= 11 is 3.48. The first kappa shape index (κ1) is 14.7. The SMILES string of the molecule is NNC(=O)c1ccc(COCc2ccccc2Br)cc1. The van der Waals surface area contributed by atoms with Gasteiger partial charge in [0.15, 0.2) is 0 Å². The van der Waals surface area contributed by atoms with E-state index in [1.54, 1.807) is 12.1 Å². The molecule has 2 rings (SSSR count). The van der Waals surface area contributed by atoms with Crippen LogP contribution in [0.4, 0.5) is 0 Å². The Bertz CT molecular complexity index is 585. The Morgan fingerprint density at radius 2 is 1.80 bits per heavy atom. The van der Waals surface area contributed by atoms with Gasteiger partial charge < -0.3 is 4.74 Å². The predicted molar refractivity (Wildman–Crippen MR) is 80.7 cm³/mol. The Hall–Kier alpha value is -1.69. The highest BCUT2D eigenvalue weighted by Crippen LogP contribution is 2.17. The first-order valence-electron chi connectivity index (χ1n) is 6.11. The van der Waals surface area contributed by atoms with E-state index in [9.17, 15) is 4.79 Å². The average molecular weight is 335 g/mol. The highest BCUT2D eigenvalue weighted by atomic mass is 79.9. The van der Waals surface area contributed by atoms with Crippen molar-refractivity contribution >= 4 is 21.8 Å². The summed E-state index contributed by atoms with van der Waals surface area (Å²) < 4.78 is 6.70. The van der Waals surface area contributed by atoms with E-state index >= 15 is 0 Å². The van der Waals surface area contributed by atoms with Crippen LogP contribution in [0.25, 0.3) is 0 Å². The molecule has 2 aromatic rings. The van der Waals surface area contributed by atoms with Crippen LogP contribution in [0.2, 0.25) is 0 Å². The van der Waals surface area contributed by atoms with E-state index in [2.05, 4.69) is 21.4 Å². The van der Waals surface area contributed by atoms with Gasteiger partial charge in [0, 0.05) is 10.0 Å². The van der Waals surface area contributed by atoms with Crippen LogP contribution >= 0.6 is 15.9 Å². The second-order valence-corrected chi connectivity index (χ2v) is 5.11. The molecule has 0 saturated carbocycles. The molecule has 3 N–H and O–H groups in total. The van der Waals surface area contributed by atoms with E-state index in [1.165, 1.54) is 0 Å². The van der Waals surface area contributed by atoms with E-state index in [0.29, 0.717) is 18.8 Å². The third-order valence-corrected chi connectivity index (χ3v) is 3.60. The fourth-order valence-corrected chi connectivity index (χ4v) is 2.13. The highest BCUT2D eigenvalue weighted by Gasteiger charge is 2.03. The molecule has 0 aliphatic heterocycles. The van der Waals surface area contributed by atoms with Crippen LogP contribution in [0.1, 0.15) is 21.5 Å². The standard InChI is InChI=1S/C15H15BrN2O2/c16-14-4-2-1-3-13(14)10-20-9-11-5-7-12(8-6-11)15(19)18-17/h1-8H,9-10,17H2,(H,18,19). The maximum absolute atomic E-state index is 11.3. The van der Waals surface area contributed by atoms with Crippen molar-refractivity contribution in [2.24, 2.45) is 5.84 Å². The van der Waals surface area contributed by atoms with E-state index in [0.717, 1.165) is 15.6 Å². The zero-order chi connectivity index (χ0) is 14.4. The van der Waals surface area contributed by atoms with Gasteiger partial charge in [0.05, 0.1) is 13.2 Å². The molecule has 0 aliphatic rings. The fourth-order valence-electron chi connectivity index (χ4n) is 1.73. The van der Waals surface area contributed by atoms with Gasteiger partial charge in [-0.25, -0.2) is 5.84 Å². The topological polar surface area (TPSA) is 64.3 Å². The molecular formula is C15H15BrN2O2. The number of carbonyl (C=O) groups excluding carboxylic acids is 1. The highest BCUT2D eigenvalue weighted by molar-refractivity contribution is 9.10. The Morgan fingerprint density at radius 3 is 2.45 bits per heavy atom. The van der Waals surface area contributed by atoms with E-state index < -0.39 is 0 Å². The molecule has 0 aliphatic carbocycles. The van der Waals surface area contributed by atoms with Crippen molar-refractivity contribution in [3.63, 3.8) is 0 Å². The van der Waals surface area contributed by atoms with Gasteiger partial charge in [0.2, 0.25) is 0 Å². The van der Waals surface area contributed by atoms with Crippen molar-refractivity contribution in [1.82, 2.24) is 5.43 Å². The summed E-state index contributed by atoms with van der Waals surface area (Å²) in [6.45, 7) is 1.03. The van der Waals surface area contributed by atoms with Gasteiger partial charge in [-0.3, -0.25) is 10.2 Å². The molecule has 20 heavy (non-hydrogen) atoms.